The van der Waals surface area contributed by atoms with Gasteiger partial charge >= 0.3 is 12.3 Å². The zero-order valence-corrected chi connectivity index (χ0v) is 20.1. The molecule has 2 amide bonds. The molecule has 0 saturated carbocycles. The van der Waals surface area contributed by atoms with Crippen molar-refractivity contribution in [3.8, 4) is 5.75 Å². The van der Waals surface area contributed by atoms with Gasteiger partial charge in [-0.2, -0.15) is 0 Å². The first-order chi connectivity index (χ1) is 18.0. The van der Waals surface area contributed by atoms with Crippen LogP contribution in [-0.2, 0) is 11.3 Å². The first-order valence-electron chi connectivity index (χ1n) is 11.1. The van der Waals surface area contributed by atoms with E-state index in [1.165, 1.54) is 25.3 Å². The number of hydrogen-bond donors (Lipinski definition) is 3. The van der Waals surface area contributed by atoms with Gasteiger partial charge in [-0.15, -0.1) is 13.2 Å². The molecule has 0 fully saturated rings. The van der Waals surface area contributed by atoms with Gasteiger partial charge in [-0.05, 0) is 60.5 Å². The molecule has 2 heterocycles. The quantitative estimate of drug-likeness (QED) is 0.299. The Kier molecular flexibility index (Phi) is 7.33. The van der Waals surface area contributed by atoms with Crippen molar-refractivity contribution < 1.29 is 37.0 Å². The maximum Gasteiger partial charge on any atom is 0.573 e. The number of carbonyl (C=O) groups excluding carboxylic acids is 3. The van der Waals surface area contributed by atoms with Gasteiger partial charge in [-0.25, -0.2) is 9.78 Å². The van der Waals surface area contributed by atoms with Crippen molar-refractivity contribution in [2.75, 3.05) is 12.4 Å². The fourth-order valence-electron chi connectivity index (χ4n) is 3.64. The summed E-state index contributed by atoms with van der Waals surface area (Å²) < 4.78 is 46.0. The summed E-state index contributed by atoms with van der Waals surface area (Å²) in [6, 6.07) is 12.7. The number of hydrogen-bond acceptors (Lipinski definition) is 6. The summed E-state index contributed by atoms with van der Waals surface area (Å²) in [6.45, 7) is 1.86. The molecule has 0 aliphatic heterocycles. The zero-order valence-electron chi connectivity index (χ0n) is 20.1. The maximum atomic E-state index is 12.9. The molecule has 12 heteroatoms. The van der Waals surface area contributed by atoms with Gasteiger partial charge < -0.3 is 25.1 Å². The number of methoxy groups -OCH3 is 1. The van der Waals surface area contributed by atoms with Crippen LogP contribution in [0.1, 0.15) is 42.3 Å². The number of nitrogens with one attached hydrogen (secondary N) is 3. The Hall–Kier alpha value is -4.87. The van der Waals surface area contributed by atoms with E-state index < -0.39 is 29.9 Å². The topological polar surface area (TPSA) is 122 Å². The molecule has 2 aromatic heterocycles. The fraction of sp³-hybridized carbons (Fsp3) is 0.154. The number of aromatic amines is 1. The van der Waals surface area contributed by atoms with E-state index in [4.69, 9.17) is 0 Å². The third-order valence-corrected chi connectivity index (χ3v) is 5.45. The third-order valence-electron chi connectivity index (χ3n) is 5.45. The number of alkyl halides is 3. The molecular formula is C26H21F3N4O5. The number of halogens is 3. The number of aryl methyl sites for hydroxylation is 1. The van der Waals surface area contributed by atoms with Crippen molar-refractivity contribution in [3.63, 3.8) is 0 Å². The number of fused-ring (bicyclic) bond motifs is 1. The summed E-state index contributed by atoms with van der Waals surface area (Å²) in [5.41, 5.74) is 2.59. The first-order valence-corrected chi connectivity index (χ1v) is 11.1. The van der Waals surface area contributed by atoms with Crippen LogP contribution in [-0.4, -0.2) is 41.2 Å². The van der Waals surface area contributed by atoms with Gasteiger partial charge in [-0.1, -0.05) is 12.1 Å². The molecule has 4 rings (SSSR count). The summed E-state index contributed by atoms with van der Waals surface area (Å²) in [6.07, 6.45) is -3.33. The highest BCUT2D eigenvalue weighted by Crippen LogP contribution is 2.24. The van der Waals surface area contributed by atoms with Gasteiger partial charge in [0.15, 0.2) is 0 Å². The Labute approximate surface area is 214 Å². The van der Waals surface area contributed by atoms with E-state index in [0.29, 0.717) is 27.7 Å². The second-order valence-corrected chi connectivity index (χ2v) is 8.20. The summed E-state index contributed by atoms with van der Waals surface area (Å²) in [7, 11) is 1.27. The van der Waals surface area contributed by atoms with E-state index >= 15 is 0 Å². The maximum absolute atomic E-state index is 12.9. The summed E-state index contributed by atoms with van der Waals surface area (Å²) >= 11 is 0. The number of benzene rings is 2. The lowest BCUT2D eigenvalue weighted by Gasteiger charge is -2.12. The minimum Gasteiger partial charge on any atom is -0.464 e. The second-order valence-electron chi connectivity index (χ2n) is 8.20. The van der Waals surface area contributed by atoms with E-state index in [0.717, 1.165) is 12.1 Å². The highest BCUT2D eigenvalue weighted by Gasteiger charge is 2.31. The van der Waals surface area contributed by atoms with Gasteiger partial charge in [0.2, 0.25) is 0 Å². The predicted molar refractivity (Wildman–Crippen MR) is 131 cm³/mol. The van der Waals surface area contributed by atoms with Crippen LogP contribution in [0, 0.1) is 6.92 Å². The molecule has 0 radical (unpaired) electrons. The number of esters is 1. The second kappa shape index (κ2) is 10.6. The van der Waals surface area contributed by atoms with E-state index in [-0.39, 0.29) is 23.5 Å². The number of anilines is 1. The van der Waals surface area contributed by atoms with Crippen LogP contribution < -0.4 is 15.4 Å². The van der Waals surface area contributed by atoms with Crippen molar-refractivity contribution >= 4 is 34.5 Å². The molecule has 0 saturated heterocycles. The number of rotatable bonds is 7. The Bertz CT molecular complexity index is 1530. The van der Waals surface area contributed by atoms with E-state index in [2.05, 4.69) is 30.1 Å². The molecule has 0 aliphatic carbocycles. The minimum atomic E-state index is -4.89. The number of ether oxygens (including phenoxy) is 2. The molecule has 38 heavy (non-hydrogen) atoms. The molecule has 4 aromatic rings. The molecule has 0 spiro atoms. The number of amides is 2. The lowest BCUT2D eigenvalue weighted by Crippen LogP contribution is -2.24. The average molecular weight is 526 g/mol. The fourth-order valence-corrected chi connectivity index (χ4v) is 3.64. The standard InChI is InChI=1S/C26H21F3N4O5/c1-14-6-7-18(32-23(34)16-4-3-5-19(9-16)38-26(27,28)29)11-20(14)24(35)31-13-15-8-17-10-21(25(36)37-2)33-22(17)30-12-15/h3-12H,13H2,1-2H3,(H,30,33)(H,31,35)(H,32,34). The molecular weight excluding hydrogens is 505 g/mol. The molecule has 0 aliphatic rings. The van der Waals surface area contributed by atoms with Crippen molar-refractivity contribution in [3.05, 3.63) is 88.7 Å². The number of nitrogens with zero attached hydrogens (tertiary/aromatic N) is 1. The molecule has 2 aromatic carbocycles. The molecule has 196 valence electrons. The van der Waals surface area contributed by atoms with E-state index in [9.17, 15) is 27.6 Å². The number of pyridine rings is 1. The van der Waals surface area contributed by atoms with Crippen LogP contribution in [0.3, 0.4) is 0 Å². The Morgan fingerprint density at radius 2 is 1.82 bits per heavy atom. The third kappa shape index (κ3) is 6.27. The normalized spacial score (nSPS) is 11.2. The minimum absolute atomic E-state index is 0.0543. The van der Waals surface area contributed by atoms with Gasteiger partial charge in [0.1, 0.15) is 17.1 Å². The lowest BCUT2D eigenvalue weighted by molar-refractivity contribution is -0.274. The van der Waals surface area contributed by atoms with Crippen LogP contribution in [0.15, 0.2) is 60.8 Å². The number of H-pyrrole nitrogens is 1. The van der Waals surface area contributed by atoms with Crippen LogP contribution in [0.2, 0.25) is 0 Å². The van der Waals surface area contributed by atoms with Crippen LogP contribution >= 0.6 is 0 Å². The van der Waals surface area contributed by atoms with Gasteiger partial charge in [0.25, 0.3) is 11.8 Å². The van der Waals surface area contributed by atoms with Crippen LogP contribution in [0.25, 0.3) is 11.0 Å². The monoisotopic (exact) mass is 526 g/mol. The molecule has 0 atom stereocenters. The number of carbonyl (C=O) groups is 3. The Balaban J connectivity index is 1.44. The average Bonchev–Trinajstić information content (AvgIpc) is 3.30. The van der Waals surface area contributed by atoms with Crippen LogP contribution in [0.4, 0.5) is 18.9 Å². The molecule has 0 unspecified atom stereocenters. The lowest BCUT2D eigenvalue weighted by atomic mass is 10.1. The Morgan fingerprint density at radius 3 is 2.55 bits per heavy atom. The summed E-state index contributed by atoms with van der Waals surface area (Å²) in [4.78, 5) is 44.3. The van der Waals surface area contributed by atoms with Gasteiger partial charge in [0, 0.05) is 34.9 Å². The Morgan fingerprint density at radius 1 is 1.03 bits per heavy atom. The largest absolute Gasteiger partial charge is 0.573 e. The zero-order chi connectivity index (χ0) is 27.4. The molecule has 3 N–H and O–H groups in total. The number of aromatic nitrogens is 2. The van der Waals surface area contributed by atoms with Gasteiger partial charge in [0.05, 0.1) is 7.11 Å². The van der Waals surface area contributed by atoms with E-state index in [1.54, 1.807) is 37.4 Å². The SMILES string of the molecule is COC(=O)c1cc2cc(CNC(=O)c3cc(NC(=O)c4cccc(OC(F)(F)F)c4)ccc3C)cnc2[nH]1. The van der Waals surface area contributed by atoms with E-state index in [1.807, 2.05) is 0 Å². The molecule has 9 nitrogen and oxygen atoms in total. The van der Waals surface area contributed by atoms with Gasteiger partial charge in [-0.3, -0.25) is 9.59 Å². The molecule has 0 bridgehead atoms. The highest BCUT2D eigenvalue weighted by atomic mass is 19.4. The van der Waals surface area contributed by atoms with Crippen molar-refractivity contribution in [2.45, 2.75) is 19.8 Å². The smallest absolute Gasteiger partial charge is 0.464 e. The predicted octanol–water partition coefficient (Wildman–Crippen LogP) is 4.74. The van der Waals surface area contributed by atoms with Crippen molar-refractivity contribution in [1.29, 1.82) is 0 Å². The highest BCUT2D eigenvalue weighted by molar-refractivity contribution is 6.05. The summed E-state index contributed by atoms with van der Waals surface area (Å²) in [5.74, 6) is -2.14. The van der Waals surface area contributed by atoms with Crippen molar-refractivity contribution in [1.82, 2.24) is 15.3 Å². The van der Waals surface area contributed by atoms with Crippen molar-refractivity contribution in [2.24, 2.45) is 0 Å². The first kappa shape index (κ1) is 26.2. The van der Waals surface area contributed by atoms with Crippen LogP contribution in [0.5, 0.6) is 5.75 Å². The summed E-state index contributed by atoms with van der Waals surface area (Å²) in [5, 5.41) is 6.03.